The largest absolute Gasteiger partial charge is 0.333 e. The molecule has 1 aliphatic rings. The van der Waals surface area contributed by atoms with Crippen LogP contribution in [0, 0.1) is 6.92 Å². The van der Waals surface area contributed by atoms with Gasteiger partial charge in [0.15, 0.2) is 0 Å². The highest BCUT2D eigenvalue weighted by molar-refractivity contribution is 6.18. The van der Waals surface area contributed by atoms with Crippen LogP contribution >= 0.6 is 11.6 Å². The summed E-state index contributed by atoms with van der Waals surface area (Å²) in [7, 11) is 0. The smallest absolute Gasteiger partial charge is 0.273 e. The van der Waals surface area contributed by atoms with Crippen molar-refractivity contribution in [3.63, 3.8) is 0 Å². The number of aryl methyl sites for hydroxylation is 1. The zero-order chi connectivity index (χ0) is 13.7. The fourth-order valence-electron chi connectivity index (χ4n) is 2.78. The Kier molecular flexibility index (Phi) is 5.20. The Balaban J connectivity index is 2.18. The molecule has 1 aliphatic carbocycles. The lowest BCUT2D eigenvalue weighted by Crippen LogP contribution is -2.43. The molecule has 0 aliphatic heterocycles. The number of alkyl halides is 1. The number of pyridine rings is 1. The molecule has 104 valence electrons. The summed E-state index contributed by atoms with van der Waals surface area (Å²) in [5, 5.41) is 0. The normalized spacial score (nSPS) is 16.3. The molecule has 1 aromatic heterocycles. The molecule has 0 bridgehead atoms. The van der Waals surface area contributed by atoms with E-state index in [1.54, 1.807) is 6.20 Å². The SMILES string of the molecule is Cc1cccnc1C(=O)N(CCCl)C1CCCCC1. The highest BCUT2D eigenvalue weighted by atomic mass is 35.5. The first-order valence-corrected chi connectivity index (χ1v) is 7.56. The number of nitrogens with zero attached hydrogens (tertiary/aromatic N) is 2. The van der Waals surface area contributed by atoms with Crippen LogP contribution < -0.4 is 0 Å². The molecule has 2 rings (SSSR count). The van der Waals surface area contributed by atoms with E-state index in [4.69, 9.17) is 11.6 Å². The third kappa shape index (κ3) is 3.47. The van der Waals surface area contributed by atoms with Gasteiger partial charge in [0.2, 0.25) is 0 Å². The Hall–Kier alpha value is -1.09. The Bertz CT molecular complexity index is 430. The van der Waals surface area contributed by atoms with Crippen LogP contribution in [0.2, 0.25) is 0 Å². The second-order valence-corrected chi connectivity index (χ2v) is 5.53. The van der Waals surface area contributed by atoms with Crippen molar-refractivity contribution in [2.24, 2.45) is 0 Å². The van der Waals surface area contributed by atoms with E-state index in [9.17, 15) is 4.79 Å². The molecule has 0 N–H and O–H groups in total. The van der Waals surface area contributed by atoms with Crippen LogP contribution in [0.5, 0.6) is 0 Å². The van der Waals surface area contributed by atoms with Crippen LogP contribution in [0.3, 0.4) is 0 Å². The van der Waals surface area contributed by atoms with Gasteiger partial charge in [-0.3, -0.25) is 9.78 Å². The first kappa shape index (κ1) is 14.3. The van der Waals surface area contributed by atoms with Gasteiger partial charge in [-0.05, 0) is 31.4 Å². The summed E-state index contributed by atoms with van der Waals surface area (Å²) in [6.07, 6.45) is 7.56. The topological polar surface area (TPSA) is 33.2 Å². The molecule has 1 fully saturated rings. The van der Waals surface area contributed by atoms with Gasteiger partial charge in [-0.15, -0.1) is 11.6 Å². The maximum atomic E-state index is 12.7. The standard InChI is InChI=1S/C15H21ClN2O/c1-12-6-5-10-17-14(12)15(19)18(11-9-16)13-7-3-2-4-8-13/h5-6,10,13H,2-4,7-9,11H2,1H3. The summed E-state index contributed by atoms with van der Waals surface area (Å²) in [5.41, 5.74) is 1.50. The first-order valence-electron chi connectivity index (χ1n) is 7.02. The lowest BCUT2D eigenvalue weighted by atomic mass is 9.94. The molecule has 1 aromatic rings. The molecule has 1 heterocycles. The molecule has 0 radical (unpaired) electrons. The van der Waals surface area contributed by atoms with Crippen molar-refractivity contribution in [2.45, 2.75) is 45.1 Å². The molecular weight excluding hydrogens is 260 g/mol. The molecule has 3 nitrogen and oxygen atoms in total. The van der Waals surface area contributed by atoms with Gasteiger partial charge in [-0.25, -0.2) is 0 Å². The molecule has 4 heteroatoms. The fraction of sp³-hybridized carbons (Fsp3) is 0.600. The Morgan fingerprint density at radius 3 is 2.79 bits per heavy atom. The van der Waals surface area contributed by atoms with E-state index in [2.05, 4.69) is 4.98 Å². The van der Waals surface area contributed by atoms with Gasteiger partial charge in [0, 0.05) is 24.7 Å². The molecule has 1 saturated carbocycles. The third-order valence-corrected chi connectivity index (χ3v) is 3.98. The van der Waals surface area contributed by atoms with Crippen molar-refractivity contribution in [1.82, 2.24) is 9.88 Å². The molecular formula is C15H21ClN2O. The molecule has 0 saturated heterocycles. The van der Waals surface area contributed by atoms with Crippen LogP contribution in [0.25, 0.3) is 0 Å². The minimum atomic E-state index is 0.0330. The third-order valence-electron chi connectivity index (χ3n) is 3.81. The van der Waals surface area contributed by atoms with Gasteiger partial charge in [0.05, 0.1) is 0 Å². The Morgan fingerprint density at radius 1 is 1.42 bits per heavy atom. The zero-order valence-corrected chi connectivity index (χ0v) is 12.2. The average molecular weight is 281 g/mol. The van der Waals surface area contributed by atoms with Gasteiger partial charge >= 0.3 is 0 Å². The number of amides is 1. The summed E-state index contributed by atoms with van der Waals surface area (Å²) in [6, 6.07) is 4.12. The summed E-state index contributed by atoms with van der Waals surface area (Å²) in [5.74, 6) is 0.513. The molecule has 19 heavy (non-hydrogen) atoms. The lowest BCUT2D eigenvalue weighted by Gasteiger charge is -2.34. The predicted molar refractivity (Wildman–Crippen MR) is 77.6 cm³/mol. The van der Waals surface area contributed by atoms with Crippen LogP contribution in [0.15, 0.2) is 18.3 Å². The second-order valence-electron chi connectivity index (χ2n) is 5.15. The number of rotatable bonds is 4. The van der Waals surface area contributed by atoms with Gasteiger partial charge in [0.25, 0.3) is 5.91 Å². The number of hydrogen-bond donors (Lipinski definition) is 0. The quantitative estimate of drug-likeness (QED) is 0.792. The average Bonchev–Trinajstić information content (AvgIpc) is 2.45. The van der Waals surface area contributed by atoms with E-state index in [1.807, 2.05) is 24.0 Å². The first-order chi connectivity index (χ1) is 9.24. The molecule has 0 unspecified atom stereocenters. The van der Waals surface area contributed by atoms with Crippen molar-refractivity contribution >= 4 is 17.5 Å². The van der Waals surface area contributed by atoms with E-state index < -0.39 is 0 Å². The van der Waals surface area contributed by atoms with Crippen LogP contribution in [0.4, 0.5) is 0 Å². The molecule has 0 aromatic carbocycles. The monoisotopic (exact) mass is 280 g/mol. The highest BCUT2D eigenvalue weighted by Gasteiger charge is 2.27. The van der Waals surface area contributed by atoms with Crippen molar-refractivity contribution in [3.8, 4) is 0 Å². The van der Waals surface area contributed by atoms with E-state index in [0.717, 1.165) is 18.4 Å². The highest BCUT2D eigenvalue weighted by Crippen LogP contribution is 2.24. The van der Waals surface area contributed by atoms with Crippen molar-refractivity contribution < 1.29 is 4.79 Å². The number of hydrogen-bond acceptors (Lipinski definition) is 2. The maximum Gasteiger partial charge on any atom is 0.273 e. The van der Waals surface area contributed by atoms with Crippen LogP contribution in [-0.4, -0.2) is 34.3 Å². The van der Waals surface area contributed by atoms with Crippen molar-refractivity contribution in [1.29, 1.82) is 0 Å². The van der Waals surface area contributed by atoms with Crippen molar-refractivity contribution in [3.05, 3.63) is 29.6 Å². The number of carbonyl (C=O) groups is 1. The minimum absolute atomic E-state index is 0.0330. The van der Waals surface area contributed by atoms with E-state index >= 15 is 0 Å². The summed E-state index contributed by atoms with van der Waals surface area (Å²) >= 11 is 5.87. The molecule has 0 atom stereocenters. The number of carbonyl (C=O) groups excluding carboxylic acids is 1. The fourth-order valence-corrected chi connectivity index (χ4v) is 2.96. The van der Waals surface area contributed by atoms with Crippen LogP contribution in [-0.2, 0) is 0 Å². The zero-order valence-electron chi connectivity index (χ0n) is 11.4. The van der Waals surface area contributed by atoms with E-state index in [1.165, 1.54) is 19.3 Å². The lowest BCUT2D eigenvalue weighted by molar-refractivity contribution is 0.0643. The maximum absolute atomic E-state index is 12.7. The molecule has 1 amide bonds. The number of aromatic nitrogens is 1. The Labute approximate surface area is 120 Å². The van der Waals surface area contributed by atoms with Crippen LogP contribution in [0.1, 0.15) is 48.2 Å². The summed E-state index contributed by atoms with van der Waals surface area (Å²) in [4.78, 5) is 18.8. The summed E-state index contributed by atoms with van der Waals surface area (Å²) in [6.45, 7) is 2.54. The Morgan fingerprint density at radius 2 is 2.16 bits per heavy atom. The second kappa shape index (κ2) is 6.90. The molecule has 0 spiro atoms. The van der Waals surface area contributed by atoms with Gasteiger partial charge in [-0.1, -0.05) is 25.3 Å². The predicted octanol–water partition coefficient (Wildman–Crippen LogP) is 3.40. The summed E-state index contributed by atoms with van der Waals surface area (Å²) < 4.78 is 0. The van der Waals surface area contributed by atoms with Gasteiger partial charge < -0.3 is 4.90 Å². The minimum Gasteiger partial charge on any atom is -0.333 e. The van der Waals surface area contributed by atoms with Crippen molar-refractivity contribution in [2.75, 3.05) is 12.4 Å². The van der Waals surface area contributed by atoms with E-state index in [-0.39, 0.29) is 5.91 Å². The van der Waals surface area contributed by atoms with Gasteiger partial charge in [-0.2, -0.15) is 0 Å². The number of halogens is 1. The van der Waals surface area contributed by atoms with Gasteiger partial charge in [0.1, 0.15) is 5.69 Å². The van der Waals surface area contributed by atoms with E-state index in [0.29, 0.717) is 24.2 Å².